The highest BCUT2D eigenvalue weighted by Crippen LogP contribution is 1.88. The molecular formula is C8H4N2O5. The first-order chi connectivity index (χ1) is 7.20. The summed E-state index contributed by atoms with van der Waals surface area (Å²) in [5, 5.41) is 19.8. The van der Waals surface area contributed by atoms with Crippen molar-refractivity contribution in [2.45, 2.75) is 0 Å². The van der Waals surface area contributed by atoms with Crippen molar-refractivity contribution in [1.29, 1.82) is 10.5 Å². The van der Waals surface area contributed by atoms with Gasteiger partial charge in [0.1, 0.15) is 0 Å². The number of rotatable bonds is 4. The van der Waals surface area contributed by atoms with Crippen LogP contribution in [0, 0.1) is 22.7 Å². The molecule has 0 N–H and O–H groups in total. The molecule has 0 fully saturated rings. The number of hydrogen-bond donors (Lipinski definition) is 0. The topological polar surface area (TPSA) is 109 Å². The molecule has 15 heavy (non-hydrogen) atoms. The van der Waals surface area contributed by atoms with Gasteiger partial charge in [-0.15, -0.1) is 0 Å². The number of allylic oxidation sites excluding steroid dienone is 2. The summed E-state index contributed by atoms with van der Waals surface area (Å²) in [6.07, 6.45) is 3.23. The second kappa shape index (κ2) is 7.98. The predicted molar refractivity (Wildman–Crippen MR) is 42.8 cm³/mol. The molecule has 0 saturated heterocycles. The SMILES string of the molecule is N#CC=CC(=O)OOOC(=O)C=CC#N. The van der Waals surface area contributed by atoms with Crippen LogP contribution in [0.4, 0.5) is 0 Å². The molecule has 0 saturated carbocycles. The Morgan fingerprint density at radius 1 is 0.933 bits per heavy atom. The number of nitrogens with zero attached hydrogens (tertiary/aromatic N) is 2. The molecule has 0 unspecified atom stereocenters. The van der Waals surface area contributed by atoms with Crippen LogP contribution in [-0.2, 0) is 24.4 Å². The summed E-state index contributed by atoms with van der Waals surface area (Å²) in [6, 6.07) is 3.07. The lowest BCUT2D eigenvalue weighted by molar-refractivity contribution is -0.455. The Morgan fingerprint density at radius 2 is 1.33 bits per heavy atom. The van der Waals surface area contributed by atoms with Crippen molar-refractivity contribution in [3.63, 3.8) is 0 Å². The average molecular weight is 208 g/mol. The van der Waals surface area contributed by atoms with Crippen molar-refractivity contribution >= 4 is 11.9 Å². The molecule has 0 amide bonds. The number of hydrogen-bond acceptors (Lipinski definition) is 7. The van der Waals surface area contributed by atoms with E-state index < -0.39 is 11.9 Å². The maximum Gasteiger partial charge on any atom is 0.370 e. The largest absolute Gasteiger partial charge is 0.370 e. The highest BCUT2D eigenvalue weighted by molar-refractivity contribution is 5.82. The minimum Gasteiger partial charge on any atom is -0.255 e. The van der Waals surface area contributed by atoms with E-state index in [1.165, 1.54) is 12.1 Å². The van der Waals surface area contributed by atoms with E-state index in [4.69, 9.17) is 10.5 Å². The van der Waals surface area contributed by atoms with Gasteiger partial charge in [0.15, 0.2) is 0 Å². The van der Waals surface area contributed by atoms with Crippen molar-refractivity contribution in [3.8, 4) is 12.1 Å². The molecule has 0 radical (unpaired) electrons. The Balaban J connectivity index is 3.73. The monoisotopic (exact) mass is 208 g/mol. The van der Waals surface area contributed by atoms with Gasteiger partial charge in [-0.1, -0.05) is 0 Å². The van der Waals surface area contributed by atoms with Gasteiger partial charge in [0.05, 0.1) is 12.1 Å². The van der Waals surface area contributed by atoms with E-state index in [0.717, 1.165) is 24.3 Å². The van der Waals surface area contributed by atoms with E-state index in [9.17, 15) is 9.59 Å². The molecular weight excluding hydrogens is 204 g/mol. The summed E-state index contributed by atoms with van der Waals surface area (Å²) in [4.78, 5) is 28.8. The molecule has 0 atom stereocenters. The van der Waals surface area contributed by atoms with Crippen LogP contribution in [0.25, 0.3) is 0 Å². The molecule has 0 aromatic rings. The van der Waals surface area contributed by atoms with Gasteiger partial charge in [-0.2, -0.15) is 10.5 Å². The summed E-state index contributed by atoms with van der Waals surface area (Å²) < 4.78 is 0. The molecule has 0 aromatic carbocycles. The molecule has 7 heteroatoms. The maximum atomic E-state index is 10.6. The van der Waals surface area contributed by atoms with Crippen LogP contribution in [0.5, 0.6) is 0 Å². The number of carbonyl (C=O) groups excluding carboxylic acids is 2. The minimum absolute atomic E-state index is 0.763. The molecule has 0 aromatic heterocycles. The number of carbonyl (C=O) groups is 2. The van der Waals surface area contributed by atoms with Crippen LogP contribution in [0.15, 0.2) is 24.3 Å². The molecule has 0 aliphatic heterocycles. The molecule has 0 bridgehead atoms. The highest BCUT2D eigenvalue weighted by atomic mass is 17.5. The van der Waals surface area contributed by atoms with Crippen LogP contribution in [0.3, 0.4) is 0 Å². The first kappa shape index (κ1) is 12.4. The van der Waals surface area contributed by atoms with E-state index in [2.05, 4.69) is 14.8 Å². The van der Waals surface area contributed by atoms with Gasteiger partial charge in [0.25, 0.3) is 0 Å². The third-order valence-corrected chi connectivity index (χ3v) is 0.820. The van der Waals surface area contributed by atoms with Gasteiger partial charge in [0.2, 0.25) is 0 Å². The fourth-order valence-electron chi connectivity index (χ4n) is 0.350. The summed E-state index contributed by atoms with van der Waals surface area (Å²) in [6.45, 7) is 0. The van der Waals surface area contributed by atoms with Crippen molar-refractivity contribution in [3.05, 3.63) is 24.3 Å². The maximum absolute atomic E-state index is 10.6. The third-order valence-electron chi connectivity index (χ3n) is 0.820. The van der Waals surface area contributed by atoms with Gasteiger partial charge in [-0.3, -0.25) is 9.78 Å². The van der Waals surface area contributed by atoms with Gasteiger partial charge in [0, 0.05) is 29.3 Å². The van der Waals surface area contributed by atoms with Gasteiger partial charge < -0.3 is 0 Å². The van der Waals surface area contributed by atoms with Crippen LogP contribution in [0.1, 0.15) is 0 Å². The minimum atomic E-state index is -1.02. The fourth-order valence-corrected chi connectivity index (χ4v) is 0.350. The summed E-state index contributed by atoms with van der Waals surface area (Å²) >= 11 is 0. The second-order valence-electron chi connectivity index (χ2n) is 1.80. The van der Waals surface area contributed by atoms with Crippen molar-refractivity contribution in [2.75, 3.05) is 0 Å². The quantitative estimate of drug-likeness (QED) is 0.278. The van der Waals surface area contributed by atoms with Gasteiger partial charge >= 0.3 is 11.9 Å². The summed E-state index contributed by atoms with van der Waals surface area (Å²) in [5.74, 6) is -2.04. The second-order valence-corrected chi connectivity index (χ2v) is 1.80. The Hall–Kier alpha value is -2.64. The number of nitriles is 2. The van der Waals surface area contributed by atoms with Crippen molar-refractivity contribution < 1.29 is 24.4 Å². The lowest BCUT2D eigenvalue weighted by Gasteiger charge is -1.95. The van der Waals surface area contributed by atoms with E-state index in [1.54, 1.807) is 0 Å². The van der Waals surface area contributed by atoms with E-state index >= 15 is 0 Å². The highest BCUT2D eigenvalue weighted by Gasteiger charge is 2.02. The van der Waals surface area contributed by atoms with E-state index in [0.29, 0.717) is 0 Å². The zero-order valence-electron chi connectivity index (χ0n) is 7.25. The smallest absolute Gasteiger partial charge is 0.255 e. The zero-order valence-corrected chi connectivity index (χ0v) is 7.25. The molecule has 0 spiro atoms. The normalized spacial score (nSPS) is 9.47. The average Bonchev–Trinajstić information content (AvgIpc) is 2.23. The van der Waals surface area contributed by atoms with Gasteiger partial charge in [-0.05, 0) is 0 Å². The summed E-state index contributed by atoms with van der Waals surface area (Å²) in [7, 11) is 0. The van der Waals surface area contributed by atoms with Gasteiger partial charge in [-0.25, -0.2) is 9.59 Å². The molecule has 76 valence electrons. The van der Waals surface area contributed by atoms with Crippen molar-refractivity contribution in [2.24, 2.45) is 0 Å². The van der Waals surface area contributed by atoms with Crippen molar-refractivity contribution in [1.82, 2.24) is 0 Å². The Morgan fingerprint density at radius 3 is 1.67 bits per heavy atom. The molecule has 0 aliphatic carbocycles. The zero-order chi connectivity index (χ0) is 11.5. The molecule has 0 rings (SSSR count). The third kappa shape index (κ3) is 7.71. The van der Waals surface area contributed by atoms with Crippen LogP contribution in [-0.4, -0.2) is 11.9 Å². The van der Waals surface area contributed by atoms with Crippen LogP contribution >= 0.6 is 0 Å². The Bertz CT molecular complexity index is 335. The first-order valence-electron chi connectivity index (χ1n) is 3.42. The predicted octanol–water partition coefficient (Wildman–Crippen LogP) is 0.0790. The molecule has 7 nitrogen and oxygen atoms in total. The van der Waals surface area contributed by atoms with E-state index in [-0.39, 0.29) is 0 Å². The lowest BCUT2D eigenvalue weighted by Crippen LogP contribution is -2.06. The Labute approximate surface area is 84.2 Å². The summed E-state index contributed by atoms with van der Waals surface area (Å²) in [5.41, 5.74) is 0. The molecule has 0 aliphatic rings. The van der Waals surface area contributed by atoms with Crippen LogP contribution < -0.4 is 0 Å². The van der Waals surface area contributed by atoms with Crippen LogP contribution in [0.2, 0.25) is 0 Å². The molecule has 0 heterocycles. The van der Waals surface area contributed by atoms with E-state index in [1.807, 2.05) is 0 Å². The first-order valence-corrected chi connectivity index (χ1v) is 3.42. The Kier molecular flexibility index (Phi) is 6.58. The standard InChI is InChI=1S/C8H4N2O5/c9-5-1-3-7(11)13-15-14-8(12)4-2-6-10/h1-4H. The fraction of sp³-hybridized carbons (Fsp3) is 0. The lowest BCUT2D eigenvalue weighted by atomic mass is 10.5.